The summed E-state index contributed by atoms with van der Waals surface area (Å²) in [6.07, 6.45) is 4.48. The van der Waals surface area contributed by atoms with Crippen LogP contribution in [-0.4, -0.2) is 26.3 Å². The molecule has 0 bridgehead atoms. The smallest absolute Gasteiger partial charge is 0.163 e. The highest BCUT2D eigenvalue weighted by Gasteiger charge is 2.09. The maximum Gasteiger partial charge on any atom is 0.163 e. The molecule has 0 saturated carbocycles. The van der Waals surface area contributed by atoms with E-state index in [0.29, 0.717) is 6.54 Å². The monoisotopic (exact) mass is 281 g/mol. The van der Waals surface area contributed by atoms with Crippen molar-refractivity contribution in [3.05, 3.63) is 47.9 Å². The number of rotatable bonds is 5. The van der Waals surface area contributed by atoms with Crippen LogP contribution in [0.25, 0.3) is 11.0 Å². The molecule has 21 heavy (non-hydrogen) atoms. The molecule has 0 unspecified atom stereocenters. The molecule has 0 aliphatic carbocycles. The van der Waals surface area contributed by atoms with Gasteiger partial charge in [0, 0.05) is 6.54 Å². The molecule has 2 heterocycles. The number of nitrogens with one attached hydrogen (secondary N) is 1. The Morgan fingerprint density at radius 3 is 2.71 bits per heavy atom. The third kappa shape index (κ3) is 2.86. The number of benzene rings is 1. The average molecular weight is 281 g/mol. The molecular weight excluding hydrogens is 262 g/mol. The summed E-state index contributed by atoms with van der Waals surface area (Å²) in [6.45, 7) is 5.83. The third-order valence-electron chi connectivity index (χ3n) is 3.43. The fraction of sp³-hybridized carbons (Fsp3) is 0.312. The molecule has 0 atom stereocenters. The van der Waals surface area contributed by atoms with Crippen LogP contribution in [0.5, 0.6) is 0 Å². The summed E-state index contributed by atoms with van der Waals surface area (Å²) in [5, 5.41) is 8.74. The SMILES string of the molecule is CCCNc1ncnc2c1cnn2Cc1ccc(C)cc1. The minimum atomic E-state index is 0.716. The molecule has 0 spiro atoms. The lowest BCUT2D eigenvalue weighted by Gasteiger charge is -2.06. The summed E-state index contributed by atoms with van der Waals surface area (Å²) in [4.78, 5) is 8.67. The summed E-state index contributed by atoms with van der Waals surface area (Å²) in [7, 11) is 0. The van der Waals surface area contributed by atoms with Crippen LogP contribution in [0.3, 0.4) is 0 Å². The summed E-state index contributed by atoms with van der Waals surface area (Å²) >= 11 is 0. The molecule has 0 fully saturated rings. The second kappa shape index (κ2) is 5.91. The van der Waals surface area contributed by atoms with Gasteiger partial charge in [0.05, 0.1) is 18.1 Å². The van der Waals surface area contributed by atoms with Crippen molar-refractivity contribution < 1.29 is 0 Å². The van der Waals surface area contributed by atoms with Crippen LogP contribution >= 0.6 is 0 Å². The Labute approximate surface area is 124 Å². The molecule has 1 N–H and O–H groups in total. The molecule has 108 valence electrons. The van der Waals surface area contributed by atoms with Gasteiger partial charge >= 0.3 is 0 Å². The van der Waals surface area contributed by atoms with Gasteiger partial charge < -0.3 is 5.32 Å². The summed E-state index contributed by atoms with van der Waals surface area (Å²) in [5.41, 5.74) is 3.34. The molecule has 0 radical (unpaired) electrons. The zero-order valence-electron chi connectivity index (χ0n) is 12.4. The number of hydrogen-bond donors (Lipinski definition) is 1. The van der Waals surface area contributed by atoms with E-state index in [1.165, 1.54) is 11.1 Å². The highest BCUT2D eigenvalue weighted by atomic mass is 15.3. The van der Waals surface area contributed by atoms with E-state index >= 15 is 0 Å². The first-order chi connectivity index (χ1) is 10.3. The van der Waals surface area contributed by atoms with Crippen LogP contribution in [0, 0.1) is 6.92 Å². The number of nitrogens with zero attached hydrogens (tertiary/aromatic N) is 4. The van der Waals surface area contributed by atoms with Gasteiger partial charge in [-0.15, -0.1) is 0 Å². The van der Waals surface area contributed by atoms with Crippen LogP contribution in [0.4, 0.5) is 5.82 Å². The standard InChI is InChI=1S/C16H19N5/c1-3-8-17-15-14-9-20-21(16(14)19-11-18-15)10-13-6-4-12(2)5-7-13/h4-7,9,11H,3,8,10H2,1-2H3,(H,17,18,19). The molecule has 3 aromatic rings. The van der Waals surface area contributed by atoms with E-state index in [2.05, 4.69) is 58.5 Å². The normalized spacial score (nSPS) is 11.0. The van der Waals surface area contributed by atoms with Crippen molar-refractivity contribution in [1.82, 2.24) is 19.7 Å². The van der Waals surface area contributed by atoms with Crippen molar-refractivity contribution >= 4 is 16.9 Å². The van der Waals surface area contributed by atoms with E-state index in [-0.39, 0.29) is 0 Å². The highest BCUT2D eigenvalue weighted by Crippen LogP contribution is 2.19. The predicted octanol–water partition coefficient (Wildman–Crippen LogP) is 3.00. The van der Waals surface area contributed by atoms with Gasteiger partial charge in [-0.3, -0.25) is 0 Å². The molecule has 0 aliphatic rings. The van der Waals surface area contributed by atoms with Crippen molar-refractivity contribution in [2.75, 3.05) is 11.9 Å². The minimum absolute atomic E-state index is 0.716. The topological polar surface area (TPSA) is 55.6 Å². The van der Waals surface area contributed by atoms with Gasteiger partial charge in [0.25, 0.3) is 0 Å². The molecule has 3 rings (SSSR count). The first-order valence-electron chi connectivity index (χ1n) is 7.24. The Kier molecular flexibility index (Phi) is 3.81. The number of anilines is 1. The lowest BCUT2D eigenvalue weighted by molar-refractivity contribution is 0.703. The van der Waals surface area contributed by atoms with Crippen LogP contribution in [0.1, 0.15) is 24.5 Å². The largest absolute Gasteiger partial charge is 0.369 e. The van der Waals surface area contributed by atoms with Crippen molar-refractivity contribution in [2.45, 2.75) is 26.8 Å². The molecule has 5 nitrogen and oxygen atoms in total. The molecule has 5 heteroatoms. The zero-order valence-corrected chi connectivity index (χ0v) is 12.4. The zero-order chi connectivity index (χ0) is 14.7. The lowest BCUT2D eigenvalue weighted by Crippen LogP contribution is -2.05. The van der Waals surface area contributed by atoms with Crippen LogP contribution in [0.2, 0.25) is 0 Å². The Hall–Kier alpha value is -2.43. The molecule has 0 aliphatic heterocycles. The van der Waals surface area contributed by atoms with Gasteiger partial charge in [0.2, 0.25) is 0 Å². The summed E-state index contributed by atoms with van der Waals surface area (Å²) in [5.74, 6) is 0.858. The van der Waals surface area contributed by atoms with Crippen molar-refractivity contribution in [3.8, 4) is 0 Å². The van der Waals surface area contributed by atoms with Gasteiger partial charge in [-0.1, -0.05) is 36.8 Å². The maximum atomic E-state index is 4.46. The fourth-order valence-electron chi connectivity index (χ4n) is 2.26. The van der Waals surface area contributed by atoms with Crippen LogP contribution in [-0.2, 0) is 6.54 Å². The summed E-state index contributed by atoms with van der Waals surface area (Å²) in [6, 6.07) is 8.48. The first kappa shape index (κ1) is 13.5. The highest BCUT2D eigenvalue weighted by molar-refractivity contribution is 5.86. The molecule has 0 saturated heterocycles. The lowest BCUT2D eigenvalue weighted by atomic mass is 10.1. The van der Waals surface area contributed by atoms with E-state index in [4.69, 9.17) is 0 Å². The van der Waals surface area contributed by atoms with Gasteiger partial charge in [-0.2, -0.15) is 5.10 Å². The number of aryl methyl sites for hydroxylation is 1. The average Bonchev–Trinajstić information content (AvgIpc) is 2.91. The molecule has 1 aromatic carbocycles. The number of hydrogen-bond acceptors (Lipinski definition) is 4. The quantitative estimate of drug-likeness (QED) is 0.781. The van der Waals surface area contributed by atoms with Gasteiger partial charge in [0.1, 0.15) is 12.1 Å². The van der Waals surface area contributed by atoms with E-state index in [1.807, 2.05) is 10.9 Å². The summed E-state index contributed by atoms with van der Waals surface area (Å²) < 4.78 is 1.92. The maximum absolute atomic E-state index is 4.46. The predicted molar refractivity (Wildman–Crippen MR) is 84.4 cm³/mol. The van der Waals surface area contributed by atoms with Crippen molar-refractivity contribution in [1.29, 1.82) is 0 Å². The molecule has 0 amide bonds. The van der Waals surface area contributed by atoms with Crippen LogP contribution in [0.15, 0.2) is 36.8 Å². The Morgan fingerprint density at radius 1 is 1.14 bits per heavy atom. The Morgan fingerprint density at radius 2 is 1.95 bits per heavy atom. The molecule has 2 aromatic heterocycles. The van der Waals surface area contributed by atoms with Gasteiger partial charge in [0.15, 0.2) is 5.65 Å². The Bertz CT molecular complexity index is 730. The first-order valence-corrected chi connectivity index (χ1v) is 7.24. The van der Waals surface area contributed by atoms with Gasteiger partial charge in [-0.25, -0.2) is 14.6 Å². The Balaban J connectivity index is 1.91. The van der Waals surface area contributed by atoms with E-state index in [9.17, 15) is 0 Å². The second-order valence-electron chi connectivity index (χ2n) is 5.17. The fourth-order valence-corrected chi connectivity index (χ4v) is 2.26. The second-order valence-corrected chi connectivity index (χ2v) is 5.17. The van der Waals surface area contributed by atoms with Crippen LogP contribution < -0.4 is 5.32 Å². The third-order valence-corrected chi connectivity index (χ3v) is 3.43. The molecular formula is C16H19N5. The van der Waals surface area contributed by atoms with Gasteiger partial charge in [-0.05, 0) is 18.9 Å². The van der Waals surface area contributed by atoms with E-state index < -0.39 is 0 Å². The van der Waals surface area contributed by atoms with Crippen molar-refractivity contribution in [3.63, 3.8) is 0 Å². The number of aromatic nitrogens is 4. The minimum Gasteiger partial charge on any atom is -0.369 e. The van der Waals surface area contributed by atoms with E-state index in [0.717, 1.165) is 29.8 Å². The van der Waals surface area contributed by atoms with E-state index in [1.54, 1.807) is 6.33 Å². The van der Waals surface area contributed by atoms with Crippen molar-refractivity contribution in [2.24, 2.45) is 0 Å². The number of fused-ring (bicyclic) bond motifs is 1.